The zero-order valence-electron chi connectivity index (χ0n) is 14.8. The summed E-state index contributed by atoms with van der Waals surface area (Å²) in [4.78, 5) is 12.6. The van der Waals surface area contributed by atoms with Gasteiger partial charge in [-0.1, -0.05) is 24.1 Å². The van der Waals surface area contributed by atoms with E-state index in [4.69, 9.17) is 4.74 Å². The first-order valence-electron chi connectivity index (χ1n) is 8.79. The minimum absolute atomic E-state index is 0.0594. The summed E-state index contributed by atoms with van der Waals surface area (Å²) in [5.41, 5.74) is 3.94. The number of carbonyl (C=O) groups excluding carboxylic acids is 1. The number of allylic oxidation sites excluding steroid dienone is 4. The Kier molecular flexibility index (Phi) is 3.87. The predicted molar refractivity (Wildman–Crippen MR) is 89.7 cm³/mol. The molecule has 0 N–H and O–H groups in total. The molecule has 0 aromatic heterocycles. The second kappa shape index (κ2) is 5.33. The molecule has 2 fully saturated rings. The monoisotopic (exact) mass is 302 g/mol. The highest BCUT2D eigenvalue weighted by Crippen LogP contribution is 2.53. The summed E-state index contributed by atoms with van der Waals surface area (Å²) in [5, 5.41) is 0. The maximum Gasteiger partial charge on any atom is 0.159 e. The van der Waals surface area contributed by atoms with Gasteiger partial charge in [0.05, 0.1) is 11.7 Å². The third kappa shape index (κ3) is 2.71. The normalized spacial score (nSPS) is 42.1. The van der Waals surface area contributed by atoms with Crippen LogP contribution in [0.1, 0.15) is 73.1 Å². The van der Waals surface area contributed by atoms with Gasteiger partial charge in [0.15, 0.2) is 5.78 Å². The lowest BCUT2D eigenvalue weighted by Gasteiger charge is -2.31. The van der Waals surface area contributed by atoms with E-state index >= 15 is 0 Å². The van der Waals surface area contributed by atoms with Crippen molar-refractivity contribution in [2.24, 2.45) is 11.3 Å². The number of ketones is 1. The number of hydrogen-bond donors (Lipinski definition) is 0. The van der Waals surface area contributed by atoms with Crippen molar-refractivity contribution in [3.8, 4) is 0 Å². The molecule has 0 amide bonds. The van der Waals surface area contributed by atoms with Gasteiger partial charge in [-0.15, -0.1) is 0 Å². The molecule has 1 heterocycles. The molecule has 3 rings (SSSR count). The topological polar surface area (TPSA) is 29.6 Å². The fraction of sp³-hybridized carbons (Fsp3) is 0.750. The van der Waals surface area contributed by atoms with Crippen LogP contribution in [0.4, 0.5) is 0 Å². The number of carbonyl (C=O) groups is 1. The minimum atomic E-state index is 0.0594. The Morgan fingerprint density at radius 1 is 1.27 bits per heavy atom. The molecule has 2 aliphatic carbocycles. The van der Waals surface area contributed by atoms with Crippen LogP contribution >= 0.6 is 0 Å². The Hall–Kier alpha value is -0.890. The van der Waals surface area contributed by atoms with Gasteiger partial charge in [-0.2, -0.15) is 0 Å². The summed E-state index contributed by atoms with van der Waals surface area (Å²) < 4.78 is 6.00. The Morgan fingerprint density at radius 2 is 2.00 bits per heavy atom. The van der Waals surface area contributed by atoms with Gasteiger partial charge < -0.3 is 4.74 Å². The lowest BCUT2D eigenvalue weighted by Crippen LogP contribution is -2.24. The summed E-state index contributed by atoms with van der Waals surface area (Å²) in [6.07, 6.45) is 9.01. The van der Waals surface area contributed by atoms with Crippen LogP contribution in [0.3, 0.4) is 0 Å². The first-order chi connectivity index (χ1) is 10.3. The average Bonchev–Trinajstić information content (AvgIpc) is 2.99. The van der Waals surface area contributed by atoms with Crippen LogP contribution in [0.15, 0.2) is 22.8 Å². The third-order valence-electron chi connectivity index (χ3n) is 6.28. The summed E-state index contributed by atoms with van der Waals surface area (Å²) in [6.45, 7) is 11.0. The number of hydrogen-bond acceptors (Lipinski definition) is 2. The highest BCUT2D eigenvalue weighted by Gasteiger charge is 2.53. The highest BCUT2D eigenvalue weighted by atomic mass is 16.6. The molecule has 0 spiro atoms. The van der Waals surface area contributed by atoms with Crippen molar-refractivity contribution in [1.82, 2.24) is 0 Å². The second-order valence-electron chi connectivity index (χ2n) is 8.47. The van der Waals surface area contributed by atoms with Gasteiger partial charge in [0.1, 0.15) is 0 Å². The van der Waals surface area contributed by atoms with Crippen molar-refractivity contribution in [2.45, 2.75) is 84.8 Å². The van der Waals surface area contributed by atoms with Crippen molar-refractivity contribution in [3.05, 3.63) is 22.8 Å². The number of fused-ring (bicyclic) bond motifs is 2. The zero-order valence-corrected chi connectivity index (χ0v) is 14.8. The fourth-order valence-electron chi connectivity index (χ4n) is 4.64. The van der Waals surface area contributed by atoms with E-state index in [0.717, 1.165) is 37.7 Å². The molecule has 22 heavy (non-hydrogen) atoms. The van der Waals surface area contributed by atoms with Crippen molar-refractivity contribution in [1.29, 1.82) is 0 Å². The number of rotatable bonds is 0. The van der Waals surface area contributed by atoms with Gasteiger partial charge in [-0.05, 0) is 76.7 Å². The standard InChI is InChI=1S/C20H30O2/c1-13(2)18-15-9-11-20(5)17(22-20)7-6-14(3)8-10-19(15,4)12-16(18)21/h8,15,17H,6-7,9-12H2,1-5H3/t15-,17+,19-,20+/m1/s1. The Morgan fingerprint density at radius 3 is 2.68 bits per heavy atom. The minimum Gasteiger partial charge on any atom is -0.366 e. The lowest BCUT2D eigenvalue weighted by molar-refractivity contribution is -0.115. The van der Waals surface area contributed by atoms with E-state index in [9.17, 15) is 4.79 Å². The summed E-state index contributed by atoms with van der Waals surface area (Å²) >= 11 is 0. The molecule has 122 valence electrons. The van der Waals surface area contributed by atoms with Gasteiger partial charge in [0.2, 0.25) is 0 Å². The van der Waals surface area contributed by atoms with E-state index in [0.29, 0.717) is 24.2 Å². The number of epoxide rings is 1. The van der Waals surface area contributed by atoms with Crippen LogP contribution in [0.2, 0.25) is 0 Å². The molecule has 1 aliphatic heterocycles. The molecule has 1 saturated carbocycles. The molecular weight excluding hydrogens is 272 g/mol. The Bertz CT molecular complexity index is 552. The molecule has 0 radical (unpaired) electrons. The van der Waals surface area contributed by atoms with Gasteiger partial charge in [-0.25, -0.2) is 0 Å². The molecule has 0 aromatic rings. The number of ether oxygens (including phenoxy) is 1. The van der Waals surface area contributed by atoms with E-state index in [1.54, 1.807) is 0 Å². The highest BCUT2D eigenvalue weighted by molar-refractivity contribution is 5.99. The molecule has 0 aromatic carbocycles. The first kappa shape index (κ1) is 16.0. The van der Waals surface area contributed by atoms with Crippen molar-refractivity contribution >= 4 is 5.78 Å². The van der Waals surface area contributed by atoms with Gasteiger partial charge in [0, 0.05) is 6.42 Å². The summed E-state index contributed by atoms with van der Waals surface area (Å²) in [6, 6.07) is 0. The predicted octanol–water partition coefficient (Wildman–Crippen LogP) is 4.99. The van der Waals surface area contributed by atoms with Crippen LogP contribution < -0.4 is 0 Å². The SMILES string of the molecule is CC1=CC[C@]2(C)CC(=O)C(=C(C)C)[C@H]2CC[C@]2(C)O[C@H]2CC1. The first-order valence-corrected chi connectivity index (χ1v) is 8.79. The summed E-state index contributed by atoms with van der Waals surface area (Å²) in [7, 11) is 0. The molecule has 4 atom stereocenters. The molecule has 0 unspecified atom stereocenters. The van der Waals surface area contributed by atoms with Gasteiger partial charge >= 0.3 is 0 Å². The van der Waals surface area contributed by atoms with Crippen LogP contribution in [-0.2, 0) is 9.53 Å². The van der Waals surface area contributed by atoms with E-state index in [-0.39, 0.29) is 11.0 Å². The van der Waals surface area contributed by atoms with Crippen molar-refractivity contribution < 1.29 is 9.53 Å². The van der Waals surface area contributed by atoms with Gasteiger partial charge in [0.25, 0.3) is 0 Å². The number of Topliss-reactive ketones (excluding diaryl/α,β-unsaturated/α-hetero) is 1. The smallest absolute Gasteiger partial charge is 0.159 e. The third-order valence-corrected chi connectivity index (χ3v) is 6.28. The molecular formula is C20H30O2. The Balaban J connectivity index is 1.95. The molecule has 0 bridgehead atoms. The van der Waals surface area contributed by atoms with Gasteiger partial charge in [-0.3, -0.25) is 4.79 Å². The lowest BCUT2D eigenvalue weighted by atomic mass is 9.72. The van der Waals surface area contributed by atoms with Crippen LogP contribution in [0.25, 0.3) is 0 Å². The molecule has 3 aliphatic rings. The molecule has 2 nitrogen and oxygen atoms in total. The summed E-state index contributed by atoms with van der Waals surface area (Å²) in [5.74, 6) is 0.780. The van der Waals surface area contributed by atoms with Crippen LogP contribution in [0, 0.1) is 11.3 Å². The van der Waals surface area contributed by atoms with Crippen molar-refractivity contribution in [2.75, 3.05) is 0 Å². The van der Waals surface area contributed by atoms with Crippen LogP contribution in [-0.4, -0.2) is 17.5 Å². The Labute approximate surface area is 135 Å². The maximum absolute atomic E-state index is 12.6. The molecule has 1 saturated heterocycles. The fourth-order valence-corrected chi connectivity index (χ4v) is 4.64. The van der Waals surface area contributed by atoms with E-state index in [1.807, 2.05) is 0 Å². The zero-order chi connectivity index (χ0) is 16.1. The van der Waals surface area contributed by atoms with E-state index < -0.39 is 0 Å². The maximum atomic E-state index is 12.6. The van der Waals surface area contributed by atoms with Crippen molar-refractivity contribution in [3.63, 3.8) is 0 Å². The van der Waals surface area contributed by atoms with E-state index in [2.05, 4.69) is 40.7 Å². The largest absolute Gasteiger partial charge is 0.366 e. The van der Waals surface area contributed by atoms with Crippen LogP contribution in [0.5, 0.6) is 0 Å². The molecule has 2 heteroatoms. The average molecular weight is 302 g/mol. The second-order valence-corrected chi connectivity index (χ2v) is 8.47. The quantitative estimate of drug-likeness (QED) is 0.358. The van der Waals surface area contributed by atoms with E-state index in [1.165, 1.54) is 11.1 Å².